The number of rotatable bonds is 2. The van der Waals surface area contributed by atoms with Gasteiger partial charge in [0.2, 0.25) is 0 Å². The van der Waals surface area contributed by atoms with Crippen molar-refractivity contribution in [3.8, 4) is 0 Å². The van der Waals surface area contributed by atoms with Crippen LogP contribution in [0, 0.1) is 0 Å². The molecule has 1 aromatic rings. The Balaban J connectivity index is 2.04. The number of aryl methyl sites for hydroxylation is 2. The summed E-state index contributed by atoms with van der Waals surface area (Å²) in [6.45, 7) is 0. The minimum Gasteiger partial charge on any atom is -0.318 e. The predicted octanol–water partition coefficient (Wildman–Crippen LogP) is 0.791. The number of anilines is 1. The van der Waals surface area contributed by atoms with Crippen LogP contribution in [-0.4, -0.2) is 18.9 Å². The Morgan fingerprint density at radius 2 is 1.94 bits per heavy atom. The van der Waals surface area contributed by atoms with Crippen LogP contribution in [0.2, 0.25) is 0 Å². The fourth-order valence-electron chi connectivity index (χ4n) is 1.98. The molecule has 0 spiro atoms. The zero-order chi connectivity index (χ0) is 12.3. The Kier molecular flexibility index (Phi) is 3.39. The van der Waals surface area contributed by atoms with Gasteiger partial charge in [-0.3, -0.25) is 14.4 Å². The molecule has 0 unspecified atom stereocenters. The standard InChI is InChI=1S/C12H14N2O3/c1-17-14-12(16)11(15)13-10-6-5-8-3-2-4-9(8)7-10/h5-7H,2-4H2,1H3,(H,13,15)(H,14,16). The topological polar surface area (TPSA) is 67.4 Å². The van der Waals surface area contributed by atoms with E-state index in [1.54, 1.807) is 0 Å². The van der Waals surface area contributed by atoms with Crippen molar-refractivity contribution >= 4 is 17.5 Å². The van der Waals surface area contributed by atoms with E-state index in [9.17, 15) is 9.59 Å². The third-order valence-electron chi connectivity index (χ3n) is 2.76. The van der Waals surface area contributed by atoms with Gasteiger partial charge in [0, 0.05) is 5.69 Å². The highest BCUT2D eigenvalue weighted by atomic mass is 16.6. The summed E-state index contributed by atoms with van der Waals surface area (Å²) >= 11 is 0. The van der Waals surface area contributed by atoms with E-state index < -0.39 is 11.8 Å². The van der Waals surface area contributed by atoms with Crippen LogP contribution >= 0.6 is 0 Å². The lowest BCUT2D eigenvalue weighted by atomic mass is 10.1. The van der Waals surface area contributed by atoms with Crippen molar-refractivity contribution in [2.75, 3.05) is 12.4 Å². The van der Waals surface area contributed by atoms with Crippen molar-refractivity contribution in [2.45, 2.75) is 19.3 Å². The Bertz CT molecular complexity index is 457. The Hall–Kier alpha value is -1.88. The van der Waals surface area contributed by atoms with Crippen molar-refractivity contribution in [1.29, 1.82) is 0 Å². The first-order chi connectivity index (χ1) is 8.20. The van der Waals surface area contributed by atoms with Gasteiger partial charge in [0.15, 0.2) is 0 Å². The highest BCUT2D eigenvalue weighted by molar-refractivity contribution is 6.39. The molecule has 0 atom stereocenters. The van der Waals surface area contributed by atoms with Crippen LogP contribution in [0.25, 0.3) is 0 Å². The lowest BCUT2D eigenvalue weighted by Gasteiger charge is -2.06. The molecule has 0 heterocycles. The molecule has 2 amide bonds. The first-order valence-electron chi connectivity index (χ1n) is 5.47. The molecule has 0 saturated heterocycles. The average molecular weight is 234 g/mol. The van der Waals surface area contributed by atoms with Crippen LogP contribution < -0.4 is 10.8 Å². The van der Waals surface area contributed by atoms with Gasteiger partial charge < -0.3 is 5.32 Å². The van der Waals surface area contributed by atoms with Crippen LogP contribution in [-0.2, 0) is 27.3 Å². The van der Waals surface area contributed by atoms with E-state index in [2.05, 4.69) is 10.2 Å². The molecule has 0 fully saturated rings. The SMILES string of the molecule is CONC(=O)C(=O)Nc1ccc2c(c1)CCC2. The Morgan fingerprint density at radius 1 is 1.18 bits per heavy atom. The summed E-state index contributed by atoms with van der Waals surface area (Å²) in [7, 11) is 1.28. The molecule has 0 aromatic heterocycles. The van der Waals surface area contributed by atoms with Crippen LogP contribution in [0.15, 0.2) is 18.2 Å². The predicted molar refractivity (Wildman–Crippen MR) is 62.2 cm³/mol. The maximum Gasteiger partial charge on any atom is 0.333 e. The Labute approximate surface area is 99.1 Å². The van der Waals surface area contributed by atoms with Gasteiger partial charge in [-0.25, -0.2) is 5.48 Å². The van der Waals surface area contributed by atoms with E-state index in [0.29, 0.717) is 5.69 Å². The number of benzene rings is 1. The number of hydroxylamine groups is 1. The van der Waals surface area contributed by atoms with Crippen molar-refractivity contribution in [1.82, 2.24) is 5.48 Å². The maximum absolute atomic E-state index is 11.4. The van der Waals surface area contributed by atoms with E-state index in [0.717, 1.165) is 19.3 Å². The lowest BCUT2D eigenvalue weighted by molar-refractivity contribution is -0.142. The number of amides is 2. The highest BCUT2D eigenvalue weighted by Gasteiger charge is 2.15. The molecule has 0 aliphatic heterocycles. The third-order valence-corrected chi connectivity index (χ3v) is 2.76. The molecule has 17 heavy (non-hydrogen) atoms. The largest absolute Gasteiger partial charge is 0.333 e. The highest BCUT2D eigenvalue weighted by Crippen LogP contribution is 2.24. The zero-order valence-electron chi connectivity index (χ0n) is 9.58. The zero-order valence-corrected chi connectivity index (χ0v) is 9.58. The van der Waals surface area contributed by atoms with E-state index in [1.165, 1.54) is 18.2 Å². The molecule has 5 heteroatoms. The van der Waals surface area contributed by atoms with Crippen molar-refractivity contribution in [3.63, 3.8) is 0 Å². The van der Waals surface area contributed by atoms with Gasteiger partial charge in [0.05, 0.1) is 7.11 Å². The molecule has 1 aliphatic carbocycles. The van der Waals surface area contributed by atoms with Gasteiger partial charge in [0.25, 0.3) is 0 Å². The van der Waals surface area contributed by atoms with Crippen molar-refractivity contribution < 1.29 is 14.4 Å². The molecule has 1 aromatic carbocycles. The Morgan fingerprint density at radius 3 is 2.71 bits per heavy atom. The molecule has 2 N–H and O–H groups in total. The molecule has 2 rings (SSSR count). The van der Waals surface area contributed by atoms with Crippen LogP contribution in [0.5, 0.6) is 0 Å². The smallest absolute Gasteiger partial charge is 0.318 e. The summed E-state index contributed by atoms with van der Waals surface area (Å²) in [5.74, 6) is -1.54. The maximum atomic E-state index is 11.4. The number of fused-ring (bicyclic) bond motifs is 1. The van der Waals surface area contributed by atoms with Crippen molar-refractivity contribution in [3.05, 3.63) is 29.3 Å². The van der Waals surface area contributed by atoms with E-state index in [4.69, 9.17) is 0 Å². The van der Waals surface area contributed by atoms with Crippen LogP contribution in [0.3, 0.4) is 0 Å². The number of carbonyl (C=O) groups is 2. The second kappa shape index (κ2) is 4.97. The number of carbonyl (C=O) groups excluding carboxylic acids is 2. The van der Waals surface area contributed by atoms with Crippen LogP contribution in [0.4, 0.5) is 5.69 Å². The first kappa shape index (κ1) is 11.6. The van der Waals surface area contributed by atoms with E-state index in [1.807, 2.05) is 23.7 Å². The molecule has 90 valence electrons. The minimum absolute atomic E-state index is 0.641. The summed E-state index contributed by atoms with van der Waals surface area (Å²) in [5.41, 5.74) is 5.18. The minimum atomic E-state index is -0.812. The normalized spacial score (nSPS) is 13.0. The molecule has 1 aliphatic rings. The molecule has 0 radical (unpaired) electrons. The molecule has 5 nitrogen and oxygen atoms in total. The second-order valence-electron chi connectivity index (χ2n) is 3.93. The van der Waals surface area contributed by atoms with Crippen molar-refractivity contribution in [2.24, 2.45) is 0 Å². The first-order valence-corrected chi connectivity index (χ1v) is 5.47. The van der Waals surface area contributed by atoms with E-state index >= 15 is 0 Å². The summed E-state index contributed by atoms with van der Waals surface area (Å²) in [4.78, 5) is 26.9. The van der Waals surface area contributed by atoms with Crippen LogP contribution in [0.1, 0.15) is 17.5 Å². The second-order valence-corrected chi connectivity index (χ2v) is 3.93. The average Bonchev–Trinajstić information content (AvgIpc) is 2.76. The fraction of sp³-hybridized carbons (Fsp3) is 0.333. The van der Waals surface area contributed by atoms with Gasteiger partial charge in [-0.05, 0) is 42.5 Å². The fourth-order valence-corrected chi connectivity index (χ4v) is 1.98. The van der Waals surface area contributed by atoms with Gasteiger partial charge in [-0.15, -0.1) is 0 Å². The number of hydrogen-bond donors (Lipinski definition) is 2. The van der Waals surface area contributed by atoms with Gasteiger partial charge >= 0.3 is 11.8 Å². The third kappa shape index (κ3) is 2.62. The molecule has 0 saturated carbocycles. The summed E-state index contributed by atoms with van der Waals surface area (Å²) < 4.78 is 0. The molecular weight excluding hydrogens is 220 g/mol. The molecule has 0 bridgehead atoms. The quantitative estimate of drug-likeness (QED) is 0.587. The number of hydrogen-bond acceptors (Lipinski definition) is 3. The summed E-state index contributed by atoms with van der Waals surface area (Å²) in [6, 6.07) is 5.72. The summed E-state index contributed by atoms with van der Waals surface area (Å²) in [6.07, 6.45) is 3.27. The number of nitrogens with one attached hydrogen (secondary N) is 2. The monoisotopic (exact) mass is 234 g/mol. The lowest BCUT2D eigenvalue weighted by Crippen LogP contribution is -2.34. The van der Waals surface area contributed by atoms with Gasteiger partial charge in [0.1, 0.15) is 0 Å². The van der Waals surface area contributed by atoms with Gasteiger partial charge in [-0.2, -0.15) is 0 Å². The van der Waals surface area contributed by atoms with Gasteiger partial charge in [-0.1, -0.05) is 6.07 Å². The molecular formula is C12H14N2O3. The van der Waals surface area contributed by atoms with E-state index in [-0.39, 0.29) is 0 Å². The summed E-state index contributed by atoms with van der Waals surface area (Å²) in [5, 5.41) is 2.53.